The summed E-state index contributed by atoms with van der Waals surface area (Å²) in [6.07, 6.45) is 0.811. The van der Waals surface area contributed by atoms with Crippen molar-refractivity contribution in [3.8, 4) is 0 Å². The average Bonchev–Trinajstić information content (AvgIpc) is 2.08. The van der Waals surface area contributed by atoms with Gasteiger partial charge in [0.2, 0.25) is 0 Å². The second-order valence-electron chi connectivity index (χ2n) is 4.64. The highest BCUT2D eigenvalue weighted by Gasteiger charge is 2.11. The van der Waals surface area contributed by atoms with E-state index in [1.54, 1.807) is 6.07 Å². The van der Waals surface area contributed by atoms with Gasteiger partial charge < -0.3 is 5.73 Å². The van der Waals surface area contributed by atoms with Crippen LogP contribution in [0.4, 0.5) is 4.39 Å². The molecule has 1 atom stereocenters. The molecule has 1 nitrogen and oxygen atoms in total. The first-order valence-electron chi connectivity index (χ1n) is 5.46. The minimum Gasteiger partial charge on any atom is -0.328 e. The molecule has 0 aromatic heterocycles. The number of benzene rings is 1. The zero-order valence-corrected chi connectivity index (χ0v) is 9.97. The van der Waals surface area contributed by atoms with E-state index in [9.17, 15) is 4.39 Å². The van der Waals surface area contributed by atoms with Crippen LogP contribution in [0, 0.1) is 12.7 Å². The molecule has 0 radical (unpaired) electrons. The second kappa shape index (κ2) is 4.75. The number of hydrogen-bond donors (Lipinski definition) is 1. The van der Waals surface area contributed by atoms with Crippen molar-refractivity contribution in [3.05, 3.63) is 34.6 Å². The van der Waals surface area contributed by atoms with E-state index in [0.29, 0.717) is 0 Å². The first kappa shape index (κ1) is 12.2. The maximum absolute atomic E-state index is 13.6. The number of halogens is 1. The lowest BCUT2D eigenvalue weighted by atomic mass is 9.94. The van der Waals surface area contributed by atoms with Crippen molar-refractivity contribution in [2.45, 2.75) is 46.1 Å². The molecule has 0 aliphatic carbocycles. The molecule has 15 heavy (non-hydrogen) atoms. The summed E-state index contributed by atoms with van der Waals surface area (Å²) in [4.78, 5) is 0. The lowest BCUT2D eigenvalue weighted by Crippen LogP contribution is -2.18. The van der Waals surface area contributed by atoms with Crippen LogP contribution < -0.4 is 5.73 Å². The summed E-state index contributed by atoms with van der Waals surface area (Å²) >= 11 is 0. The first-order chi connectivity index (χ1) is 6.91. The maximum atomic E-state index is 13.6. The standard InChI is InChI=1S/C13H20FN/c1-8(2)12-7-11(6-10(4)15)9(3)5-13(12)14/h5,7-8,10H,6,15H2,1-4H3. The normalized spacial score (nSPS) is 13.3. The van der Waals surface area contributed by atoms with E-state index in [4.69, 9.17) is 5.73 Å². The summed E-state index contributed by atoms with van der Waals surface area (Å²) in [5.74, 6) is 0.119. The van der Waals surface area contributed by atoms with E-state index in [2.05, 4.69) is 0 Å². The van der Waals surface area contributed by atoms with Gasteiger partial charge in [0.1, 0.15) is 5.82 Å². The molecule has 1 aromatic carbocycles. The Morgan fingerprint density at radius 1 is 1.27 bits per heavy atom. The molecule has 2 N–H and O–H groups in total. The highest BCUT2D eigenvalue weighted by atomic mass is 19.1. The van der Waals surface area contributed by atoms with E-state index in [1.807, 2.05) is 33.8 Å². The molecule has 84 valence electrons. The Bertz CT molecular complexity index is 343. The van der Waals surface area contributed by atoms with E-state index in [0.717, 1.165) is 23.1 Å². The summed E-state index contributed by atoms with van der Waals surface area (Å²) in [5, 5.41) is 0. The van der Waals surface area contributed by atoms with Crippen molar-refractivity contribution in [3.63, 3.8) is 0 Å². The molecule has 1 rings (SSSR count). The number of rotatable bonds is 3. The molecular formula is C13H20FN. The van der Waals surface area contributed by atoms with Crippen LogP contribution in [-0.4, -0.2) is 6.04 Å². The van der Waals surface area contributed by atoms with Crippen LogP contribution in [-0.2, 0) is 6.42 Å². The molecule has 1 unspecified atom stereocenters. The van der Waals surface area contributed by atoms with Gasteiger partial charge in [0, 0.05) is 6.04 Å². The first-order valence-corrected chi connectivity index (χ1v) is 5.46. The molecular weight excluding hydrogens is 189 g/mol. The van der Waals surface area contributed by atoms with E-state index < -0.39 is 0 Å². The lowest BCUT2D eigenvalue weighted by molar-refractivity contribution is 0.594. The van der Waals surface area contributed by atoms with Gasteiger partial charge in [0.25, 0.3) is 0 Å². The molecule has 0 saturated heterocycles. The minimum atomic E-state index is -0.101. The van der Waals surface area contributed by atoms with E-state index in [-0.39, 0.29) is 17.8 Å². The maximum Gasteiger partial charge on any atom is 0.126 e. The van der Waals surface area contributed by atoms with Crippen molar-refractivity contribution in [1.82, 2.24) is 0 Å². The molecule has 0 aliphatic heterocycles. The van der Waals surface area contributed by atoms with Crippen LogP contribution in [0.15, 0.2) is 12.1 Å². The van der Waals surface area contributed by atoms with Gasteiger partial charge in [0.15, 0.2) is 0 Å². The molecule has 0 fully saturated rings. The summed E-state index contributed by atoms with van der Waals surface area (Å²) in [6, 6.07) is 3.69. The van der Waals surface area contributed by atoms with E-state index >= 15 is 0 Å². The summed E-state index contributed by atoms with van der Waals surface area (Å²) in [7, 11) is 0. The van der Waals surface area contributed by atoms with Gasteiger partial charge in [-0.15, -0.1) is 0 Å². The lowest BCUT2D eigenvalue weighted by Gasteiger charge is -2.14. The monoisotopic (exact) mass is 209 g/mol. The summed E-state index contributed by atoms with van der Waals surface area (Å²) in [6.45, 7) is 7.91. The minimum absolute atomic E-state index is 0.101. The van der Waals surface area contributed by atoms with Crippen molar-refractivity contribution in [1.29, 1.82) is 0 Å². The number of hydrogen-bond acceptors (Lipinski definition) is 1. The Hall–Kier alpha value is -0.890. The largest absolute Gasteiger partial charge is 0.328 e. The number of aryl methyl sites for hydroxylation is 1. The second-order valence-corrected chi connectivity index (χ2v) is 4.64. The van der Waals surface area contributed by atoms with Crippen molar-refractivity contribution in [2.24, 2.45) is 5.73 Å². The SMILES string of the molecule is Cc1cc(F)c(C(C)C)cc1CC(C)N. The fourth-order valence-electron chi connectivity index (χ4n) is 1.75. The molecule has 0 saturated carbocycles. The highest BCUT2D eigenvalue weighted by molar-refractivity contribution is 5.34. The Labute approximate surface area is 91.5 Å². The average molecular weight is 209 g/mol. The quantitative estimate of drug-likeness (QED) is 0.813. The Morgan fingerprint density at radius 3 is 2.33 bits per heavy atom. The molecule has 0 heterocycles. The van der Waals surface area contributed by atoms with Crippen molar-refractivity contribution >= 4 is 0 Å². The smallest absolute Gasteiger partial charge is 0.126 e. The third kappa shape index (κ3) is 3.03. The molecule has 0 amide bonds. The molecule has 2 heteroatoms. The van der Waals surface area contributed by atoms with Gasteiger partial charge in [-0.25, -0.2) is 4.39 Å². The highest BCUT2D eigenvalue weighted by Crippen LogP contribution is 2.23. The van der Waals surface area contributed by atoms with Crippen LogP contribution >= 0.6 is 0 Å². The van der Waals surface area contributed by atoms with Gasteiger partial charge in [-0.1, -0.05) is 19.9 Å². The molecule has 1 aromatic rings. The predicted molar refractivity (Wildman–Crippen MR) is 62.6 cm³/mol. The van der Waals surface area contributed by atoms with Gasteiger partial charge in [-0.2, -0.15) is 0 Å². The van der Waals surface area contributed by atoms with E-state index in [1.165, 1.54) is 0 Å². The fourth-order valence-corrected chi connectivity index (χ4v) is 1.75. The zero-order chi connectivity index (χ0) is 11.6. The third-order valence-corrected chi connectivity index (χ3v) is 2.62. The van der Waals surface area contributed by atoms with Crippen LogP contribution in [0.5, 0.6) is 0 Å². The summed E-state index contributed by atoms with van der Waals surface area (Å²) < 4.78 is 13.6. The number of nitrogens with two attached hydrogens (primary N) is 1. The Morgan fingerprint density at radius 2 is 1.87 bits per heavy atom. The molecule has 0 spiro atoms. The van der Waals surface area contributed by atoms with Crippen molar-refractivity contribution in [2.75, 3.05) is 0 Å². The summed E-state index contributed by atoms with van der Waals surface area (Å²) in [5.41, 5.74) is 8.71. The van der Waals surface area contributed by atoms with Gasteiger partial charge in [0.05, 0.1) is 0 Å². The molecule has 0 aliphatic rings. The Balaban J connectivity index is 3.11. The fraction of sp³-hybridized carbons (Fsp3) is 0.538. The van der Waals surface area contributed by atoms with Crippen LogP contribution in [0.3, 0.4) is 0 Å². The van der Waals surface area contributed by atoms with Crippen LogP contribution in [0.25, 0.3) is 0 Å². The zero-order valence-electron chi connectivity index (χ0n) is 9.97. The molecule has 0 bridgehead atoms. The van der Waals surface area contributed by atoms with Gasteiger partial charge in [-0.3, -0.25) is 0 Å². The third-order valence-electron chi connectivity index (χ3n) is 2.62. The van der Waals surface area contributed by atoms with Gasteiger partial charge >= 0.3 is 0 Å². The topological polar surface area (TPSA) is 26.0 Å². The van der Waals surface area contributed by atoms with Gasteiger partial charge in [-0.05, 0) is 48.9 Å². The Kier molecular flexibility index (Phi) is 3.86. The van der Waals surface area contributed by atoms with Crippen molar-refractivity contribution < 1.29 is 4.39 Å². The van der Waals surface area contributed by atoms with Crippen LogP contribution in [0.1, 0.15) is 43.4 Å². The predicted octanol–water partition coefficient (Wildman–Crippen LogP) is 3.15. The van der Waals surface area contributed by atoms with Crippen LogP contribution in [0.2, 0.25) is 0 Å².